The SMILES string of the molecule is CCCCCC/C=C\C/C=C\CCCCCCCCCC(=O)OC(COC(=O)CCCCCCCCCCC/C=C\CCCCCCCC)COC(=O)CCCCCCCCCCCCCCCC. The molecule has 0 saturated carbocycles. The number of ether oxygens (including phenoxy) is 3. The molecule has 0 aromatic heterocycles. The van der Waals surface area contributed by atoms with Crippen LogP contribution in [0.1, 0.15) is 329 Å². The van der Waals surface area contributed by atoms with E-state index in [1.165, 1.54) is 218 Å². The molecule has 0 aliphatic rings. The second kappa shape index (κ2) is 58.2. The third-order valence-corrected chi connectivity index (χ3v) is 13.6. The molecule has 0 fully saturated rings. The molecule has 6 nitrogen and oxygen atoms in total. The van der Waals surface area contributed by atoms with Gasteiger partial charge in [-0.1, -0.05) is 269 Å². The quantitative estimate of drug-likeness (QED) is 0.0261. The van der Waals surface area contributed by atoms with Gasteiger partial charge < -0.3 is 14.2 Å². The molecule has 6 heteroatoms. The van der Waals surface area contributed by atoms with E-state index in [0.29, 0.717) is 19.3 Å². The molecule has 0 N–H and O–H groups in total. The maximum atomic E-state index is 12.9. The number of hydrogen-bond donors (Lipinski definition) is 0. The van der Waals surface area contributed by atoms with Crippen LogP contribution in [0.3, 0.4) is 0 Å². The van der Waals surface area contributed by atoms with Gasteiger partial charge in [-0.15, -0.1) is 0 Å². The van der Waals surface area contributed by atoms with Crippen molar-refractivity contribution in [2.75, 3.05) is 13.2 Å². The van der Waals surface area contributed by atoms with Crippen LogP contribution in [0.25, 0.3) is 0 Å². The summed E-state index contributed by atoms with van der Waals surface area (Å²) in [5.74, 6) is -0.862. The predicted molar refractivity (Wildman–Crippen MR) is 298 cm³/mol. The summed E-state index contributed by atoms with van der Waals surface area (Å²) in [6.07, 6.45) is 69.9. The van der Waals surface area contributed by atoms with Gasteiger partial charge >= 0.3 is 17.9 Å². The second-order valence-corrected chi connectivity index (χ2v) is 20.6. The Balaban J connectivity index is 4.34. The summed E-state index contributed by atoms with van der Waals surface area (Å²) in [5.41, 5.74) is 0. The molecule has 0 saturated heterocycles. The van der Waals surface area contributed by atoms with Crippen molar-refractivity contribution in [3.8, 4) is 0 Å². The van der Waals surface area contributed by atoms with Crippen molar-refractivity contribution < 1.29 is 28.6 Å². The van der Waals surface area contributed by atoms with E-state index in [9.17, 15) is 14.4 Å². The zero-order chi connectivity index (χ0) is 50.0. The Kier molecular flexibility index (Phi) is 56.2. The van der Waals surface area contributed by atoms with Crippen molar-refractivity contribution in [3.05, 3.63) is 36.5 Å². The minimum absolute atomic E-state index is 0.0720. The second-order valence-electron chi connectivity index (χ2n) is 20.6. The van der Waals surface area contributed by atoms with Crippen LogP contribution in [0.15, 0.2) is 36.5 Å². The fourth-order valence-electron chi connectivity index (χ4n) is 9.00. The van der Waals surface area contributed by atoms with Gasteiger partial charge in [-0.25, -0.2) is 0 Å². The summed E-state index contributed by atoms with van der Waals surface area (Å²) in [6.45, 7) is 6.66. The highest BCUT2D eigenvalue weighted by Crippen LogP contribution is 2.17. The van der Waals surface area contributed by atoms with Crippen molar-refractivity contribution >= 4 is 17.9 Å². The molecule has 0 aromatic rings. The lowest BCUT2D eigenvalue weighted by Gasteiger charge is -2.18. The van der Waals surface area contributed by atoms with Crippen LogP contribution < -0.4 is 0 Å². The highest BCUT2D eigenvalue weighted by atomic mass is 16.6. The third-order valence-electron chi connectivity index (χ3n) is 13.6. The van der Waals surface area contributed by atoms with E-state index in [4.69, 9.17) is 14.2 Å². The van der Waals surface area contributed by atoms with Gasteiger partial charge in [0.05, 0.1) is 0 Å². The number of unbranched alkanes of at least 4 members (excludes halogenated alkanes) is 39. The summed E-state index contributed by atoms with van der Waals surface area (Å²) in [4.78, 5) is 38.2. The number of hydrogen-bond acceptors (Lipinski definition) is 6. The predicted octanol–water partition coefficient (Wildman–Crippen LogP) is 20.4. The Hall–Kier alpha value is -2.37. The zero-order valence-electron chi connectivity index (χ0n) is 46.3. The fourth-order valence-corrected chi connectivity index (χ4v) is 9.00. The molecule has 1 unspecified atom stereocenters. The standard InChI is InChI=1S/C63H116O6/c1-4-7-10-13-16-19-22-25-28-30-32-34-35-38-41-44-47-50-53-56-62(65)68-59-60(58-67-61(64)55-52-49-46-43-40-37-27-24-21-18-15-12-9-6-3)69-63(66)57-54-51-48-45-42-39-36-33-31-29-26-23-20-17-14-11-8-5-2/h20,23,25,28-29,31,60H,4-19,21-22,24,26-27,30,32-59H2,1-3H3/b23-20-,28-25-,31-29-. The molecule has 404 valence electrons. The van der Waals surface area contributed by atoms with Gasteiger partial charge in [0.15, 0.2) is 6.10 Å². The molecule has 0 bridgehead atoms. The minimum Gasteiger partial charge on any atom is -0.462 e. The summed E-state index contributed by atoms with van der Waals surface area (Å²) in [7, 11) is 0. The lowest BCUT2D eigenvalue weighted by Crippen LogP contribution is -2.30. The highest BCUT2D eigenvalue weighted by Gasteiger charge is 2.19. The summed E-state index contributed by atoms with van der Waals surface area (Å²) >= 11 is 0. The van der Waals surface area contributed by atoms with Crippen molar-refractivity contribution in [2.24, 2.45) is 0 Å². The van der Waals surface area contributed by atoms with Crippen LogP contribution in [0, 0.1) is 0 Å². The molecule has 0 aliphatic heterocycles. The highest BCUT2D eigenvalue weighted by molar-refractivity contribution is 5.71. The Labute approximate surface area is 429 Å². The van der Waals surface area contributed by atoms with Crippen LogP contribution in [0.5, 0.6) is 0 Å². The Bertz CT molecular complexity index is 1160. The lowest BCUT2D eigenvalue weighted by atomic mass is 10.0. The molecule has 0 aromatic carbocycles. The maximum Gasteiger partial charge on any atom is 0.306 e. The molecule has 0 spiro atoms. The molecular weight excluding hydrogens is 853 g/mol. The fraction of sp³-hybridized carbons (Fsp3) is 0.857. The molecule has 69 heavy (non-hydrogen) atoms. The number of esters is 3. The Morgan fingerprint density at radius 1 is 0.290 bits per heavy atom. The van der Waals surface area contributed by atoms with Gasteiger partial charge in [0.25, 0.3) is 0 Å². The zero-order valence-corrected chi connectivity index (χ0v) is 46.3. The third kappa shape index (κ3) is 56.4. The van der Waals surface area contributed by atoms with Gasteiger partial charge in [0.1, 0.15) is 13.2 Å². The molecular formula is C63H116O6. The molecule has 0 aliphatic carbocycles. The Morgan fingerprint density at radius 2 is 0.522 bits per heavy atom. The normalized spacial score (nSPS) is 12.2. The van der Waals surface area contributed by atoms with Gasteiger partial charge in [-0.2, -0.15) is 0 Å². The molecule has 0 heterocycles. The van der Waals surface area contributed by atoms with Crippen molar-refractivity contribution in [1.82, 2.24) is 0 Å². The van der Waals surface area contributed by atoms with Gasteiger partial charge in [-0.05, 0) is 77.0 Å². The van der Waals surface area contributed by atoms with Crippen molar-refractivity contribution in [1.29, 1.82) is 0 Å². The van der Waals surface area contributed by atoms with Crippen molar-refractivity contribution in [2.45, 2.75) is 335 Å². The van der Waals surface area contributed by atoms with Gasteiger partial charge in [0, 0.05) is 19.3 Å². The molecule has 0 rings (SSSR count). The molecule has 0 amide bonds. The molecule has 0 radical (unpaired) electrons. The van der Waals surface area contributed by atoms with Crippen LogP contribution in [-0.4, -0.2) is 37.2 Å². The van der Waals surface area contributed by atoms with E-state index >= 15 is 0 Å². The van der Waals surface area contributed by atoms with Crippen LogP contribution in [0.2, 0.25) is 0 Å². The smallest absolute Gasteiger partial charge is 0.306 e. The molecule has 1 atom stereocenters. The number of allylic oxidation sites excluding steroid dienone is 6. The Morgan fingerprint density at radius 3 is 0.826 bits per heavy atom. The van der Waals surface area contributed by atoms with E-state index in [1.54, 1.807) is 0 Å². The van der Waals surface area contributed by atoms with E-state index in [-0.39, 0.29) is 31.1 Å². The topological polar surface area (TPSA) is 78.9 Å². The van der Waals surface area contributed by atoms with Crippen LogP contribution in [-0.2, 0) is 28.6 Å². The number of rotatable bonds is 56. The van der Waals surface area contributed by atoms with Crippen LogP contribution >= 0.6 is 0 Å². The average Bonchev–Trinajstić information content (AvgIpc) is 3.35. The van der Waals surface area contributed by atoms with E-state index < -0.39 is 6.10 Å². The van der Waals surface area contributed by atoms with Crippen LogP contribution in [0.4, 0.5) is 0 Å². The van der Waals surface area contributed by atoms with E-state index in [0.717, 1.165) is 70.6 Å². The number of carbonyl (C=O) groups is 3. The first-order chi connectivity index (χ1) is 34.0. The first-order valence-electron chi connectivity index (χ1n) is 30.5. The first kappa shape index (κ1) is 66.6. The lowest BCUT2D eigenvalue weighted by molar-refractivity contribution is -0.167. The van der Waals surface area contributed by atoms with Gasteiger partial charge in [0.2, 0.25) is 0 Å². The number of carbonyl (C=O) groups excluding carboxylic acids is 3. The largest absolute Gasteiger partial charge is 0.462 e. The first-order valence-corrected chi connectivity index (χ1v) is 30.5. The van der Waals surface area contributed by atoms with E-state index in [1.807, 2.05) is 0 Å². The maximum absolute atomic E-state index is 12.9. The minimum atomic E-state index is -0.775. The summed E-state index contributed by atoms with van der Waals surface area (Å²) < 4.78 is 16.9. The van der Waals surface area contributed by atoms with E-state index in [2.05, 4.69) is 57.2 Å². The van der Waals surface area contributed by atoms with Crippen molar-refractivity contribution in [3.63, 3.8) is 0 Å². The average molecular weight is 970 g/mol. The monoisotopic (exact) mass is 969 g/mol. The summed E-state index contributed by atoms with van der Waals surface area (Å²) in [5, 5.41) is 0. The van der Waals surface area contributed by atoms with Gasteiger partial charge in [-0.3, -0.25) is 14.4 Å². The summed E-state index contributed by atoms with van der Waals surface area (Å²) in [6, 6.07) is 0.